The molecule has 2 aromatic rings. The topological polar surface area (TPSA) is 132 Å². The molecule has 0 fully saturated rings. The molecule has 0 radical (unpaired) electrons. The molecule has 0 saturated heterocycles. The molecule has 0 spiro atoms. The maximum Gasteiger partial charge on any atom is 0.183 e. The van der Waals surface area contributed by atoms with Gasteiger partial charge in [-0.1, -0.05) is 0 Å². The first-order valence-electron chi connectivity index (χ1n) is 9.88. The van der Waals surface area contributed by atoms with Crippen LogP contribution in [0.1, 0.15) is 11.1 Å². The number of hydrogen-bond acceptors (Lipinski definition) is 9. The van der Waals surface area contributed by atoms with Crippen LogP contribution in [0.5, 0.6) is 23.0 Å². The fourth-order valence-electron chi connectivity index (χ4n) is 2.85. The molecule has 0 aliphatic heterocycles. The van der Waals surface area contributed by atoms with E-state index in [0.29, 0.717) is 47.0 Å². The monoisotopic (exact) mass is 470 g/mol. The van der Waals surface area contributed by atoms with Crippen LogP contribution in [0.25, 0.3) is 0 Å². The number of hydrogen-bond donors (Lipinski definition) is 4. The van der Waals surface area contributed by atoms with Gasteiger partial charge in [0.1, 0.15) is 0 Å². The summed E-state index contributed by atoms with van der Waals surface area (Å²) in [7, 11) is 4.11. The molecule has 2 rings (SSSR count). The maximum atomic E-state index is 11.7. The number of nitrogens with one attached hydrogen (secondary N) is 1. The van der Waals surface area contributed by atoms with E-state index < -0.39 is 7.14 Å². The van der Waals surface area contributed by atoms with Gasteiger partial charge in [-0.15, -0.1) is 0 Å². The molecule has 0 saturated carbocycles. The van der Waals surface area contributed by atoms with Gasteiger partial charge in [0.05, 0.1) is 60.2 Å². The Morgan fingerprint density at radius 2 is 1.34 bits per heavy atom. The van der Waals surface area contributed by atoms with Crippen molar-refractivity contribution in [3.05, 3.63) is 35.4 Å². The van der Waals surface area contributed by atoms with E-state index >= 15 is 0 Å². The summed E-state index contributed by atoms with van der Waals surface area (Å²) in [6.45, 7) is 3.96. The average Bonchev–Trinajstić information content (AvgIpc) is 2.77. The van der Waals surface area contributed by atoms with Gasteiger partial charge in [-0.2, -0.15) is 0 Å². The maximum absolute atomic E-state index is 11.7. The first-order chi connectivity index (χ1) is 15.1. The Labute approximate surface area is 189 Å². The second-order valence-corrected chi connectivity index (χ2v) is 10.9. The molecule has 180 valence electrons. The number of anilines is 2. The normalized spacial score (nSPS) is 10.6. The van der Waals surface area contributed by atoms with Gasteiger partial charge < -0.3 is 44.8 Å². The van der Waals surface area contributed by atoms with Gasteiger partial charge in [-0.3, -0.25) is 0 Å². The zero-order valence-electron chi connectivity index (χ0n) is 19.6. The van der Waals surface area contributed by atoms with E-state index in [1.165, 1.54) is 14.2 Å². The van der Waals surface area contributed by atoms with Gasteiger partial charge in [0, 0.05) is 12.7 Å². The summed E-state index contributed by atoms with van der Waals surface area (Å²) >= 11 is 0. The van der Waals surface area contributed by atoms with Crippen molar-refractivity contribution in [2.45, 2.75) is 13.2 Å². The minimum Gasteiger partial charge on any atom is -0.493 e. The highest BCUT2D eigenvalue weighted by atomic mass is 31.2. The van der Waals surface area contributed by atoms with Gasteiger partial charge >= 0.3 is 0 Å². The zero-order chi connectivity index (χ0) is 24.3. The van der Waals surface area contributed by atoms with Gasteiger partial charge in [-0.05, 0) is 48.7 Å². The van der Waals surface area contributed by atoms with Crippen molar-refractivity contribution in [1.82, 2.24) is 0 Å². The van der Waals surface area contributed by atoms with Crippen LogP contribution in [0.4, 0.5) is 11.4 Å². The Kier molecular flexibility index (Phi) is 11.2. The summed E-state index contributed by atoms with van der Waals surface area (Å²) in [5.41, 5.74) is 8.30. The SMILES string of the molecule is COc1cc(CO)cc(N)c1OC.COc1cc(CO)cc(NCCP(C)(C)=O)c1OC. The number of ether oxygens (including phenoxy) is 4. The molecule has 5 N–H and O–H groups in total. The summed E-state index contributed by atoms with van der Waals surface area (Å²) in [4.78, 5) is 0. The molecule has 10 heteroatoms. The van der Waals surface area contributed by atoms with Crippen molar-refractivity contribution < 1.29 is 33.7 Å². The van der Waals surface area contributed by atoms with Crippen LogP contribution in [0, 0.1) is 0 Å². The van der Waals surface area contributed by atoms with Gasteiger partial charge in [0.25, 0.3) is 0 Å². The van der Waals surface area contributed by atoms with Gasteiger partial charge in [-0.25, -0.2) is 0 Å². The molecule has 2 aromatic carbocycles. The number of nitrogen functional groups attached to an aromatic ring is 1. The fourth-order valence-corrected chi connectivity index (χ4v) is 3.50. The third-order valence-corrected chi connectivity index (χ3v) is 5.74. The van der Waals surface area contributed by atoms with E-state index in [9.17, 15) is 9.67 Å². The van der Waals surface area contributed by atoms with Crippen molar-refractivity contribution >= 4 is 18.5 Å². The molecule has 0 aliphatic carbocycles. The Bertz CT molecular complexity index is 916. The first-order valence-corrected chi connectivity index (χ1v) is 12.7. The van der Waals surface area contributed by atoms with Crippen molar-refractivity contribution in [3.63, 3.8) is 0 Å². The number of nitrogens with two attached hydrogens (primary N) is 1. The van der Waals surface area contributed by atoms with E-state index in [2.05, 4.69) is 5.32 Å². The van der Waals surface area contributed by atoms with Gasteiger partial charge in [0.15, 0.2) is 23.0 Å². The lowest BCUT2D eigenvalue weighted by Crippen LogP contribution is -2.08. The van der Waals surface area contributed by atoms with Crippen LogP contribution in [0.2, 0.25) is 0 Å². The summed E-state index contributed by atoms with van der Waals surface area (Å²) < 4.78 is 32.3. The minimum atomic E-state index is -2.05. The van der Waals surface area contributed by atoms with Crippen LogP contribution in [-0.4, -0.2) is 64.7 Å². The number of aliphatic hydroxyl groups excluding tert-OH is 2. The van der Waals surface area contributed by atoms with E-state index in [-0.39, 0.29) is 13.2 Å². The highest BCUT2D eigenvalue weighted by molar-refractivity contribution is 7.62. The fraction of sp³-hybridized carbons (Fsp3) is 0.455. The highest BCUT2D eigenvalue weighted by Crippen LogP contribution is 2.38. The van der Waals surface area contributed by atoms with Crippen LogP contribution in [-0.2, 0) is 17.8 Å². The van der Waals surface area contributed by atoms with Crippen LogP contribution in [0.3, 0.4) is 0 Å². The third kappa shape index (κ3) is 8.15. The number of aliphatic hydroxyl groups is 2. The molecule has 0 amide bonds. The van der Waals surface area contributed by atoms with E-state index in [4.69, 9.17) is 29.8 Å². The molecule has 0 aromatic heterocycles. The van der Waals surface area contributed by atoms with Gasteiger partial charge in [0.2, 0.25) is 0 Å². The number of benzene rings is 2. The summed E-state index contributed by atoms with van der Waals surface area (Å²) in [5, 5.41) is 21.3. The molecule has 0 aliphatic rings. The average molecular weight is 471 g/mol. The summed E-state index contributed by atoms with van der Waals surface area (Å²) in [6.07, 6.45) is 0.599. The van der Waals surface area contributed by atoms with E-state index in [1.54, 1.807) is 51.8 Å². The van der Waals surface area contributed by atoms with Crippen molar-refractivity contribution in [2.75, 3.05) is 65.5 Å². The first kappa shape index (κ1) is 27.4. The predicted octanol–water partition coefficient (Wildman–Crippen LogP) is 3.01. The molecular weight excluding hydrogens is 435 g/mol. The molecule has 32 heavy (non-hydrogen) atoms. The smallest absolute Gasteiger partial charge is 0.183 e. The summed E-state index contributed by atoms with van der Waals surface area (Å²) in [5.74, 6) is 2.18. The van der Waals surface area contributed by atoms with Crippen LogP contribution >= 0.6 is 7.14 Å². The zero-order valence-corrected chi connectivity index (χ0v) is 20.5. The lowest BCUT2D eigenvalue weighted by atomic mass is 10.1. The molecular formula is C22H35N2O7P. The molecule has 0 atom stereocenters. The van der Waals surface area contributed by atoms with E-state index in [0.717, 1.165) is 11.3 Å². The molecule has 9 nitrogen and oxygen atoms in total. The van der Waals surface area contributed by atoms with E-state index in [1.807, 2.05) is 0 Å². The third-order valence-electron chi connectivity index (χ3n) is 4.44. The standard InChI is InChI=1S/C13H22NO4P.C9H13NO3/c1-17-12-8-10(9-15)7-11(13(12)18-2)14-5-6-19(3,4)16;1-12-8-4-6(5-11)3-7(10)9(8)13-2/h7-8,14-15H,5-6,9H2,1-4H3;3-4,11H,5,10H2,1-2H3. The lowest BCUT2D eigenvalue weighted by molar-refractivity contribution is 0.280. The highest BCUT2D eigenvalue weighted by Gasteiger charge is 2.13. The van der Waals surface area contributed by atoms with Crippen LogP contribution < -0.4 is 30.0 Å². The van der Waals surface area contributed by atoms with Crippen molar-refractivity contribution in [2.24, 2.45) is 0 Å². The largest absolute Gasteiger partial charge is 0.493 e. The second kappa shape index (κ2) is 13.1. The van der Waals surface area contributed by atoms with Crippen molar-refractivity contribution in [1.29, 1.82) is 0 Å². The molecule has 0 bridgehead atoms. The Morgan fingerprint density at radius 1 is 0.844 bits per heavy atom. The predicted molar refractivity (Wildman–Crippen MR) is 128 cm³/mol. The number of rotatable bonds is 10. The second-order valence-electron chi connectivity index (χ2n) is 7.34. The Hall–Kier alpha value is -2.61. The molecule has 0 heterocycles. The Balaban J connectivity index is 0.000000343. The minimum absolute atomic E-state index is 0.0649. The van der Waals surface area contributed by atoms with Crippen molar-refractivity contribution in [3.8, 4) is 23.0 Å². The quantitative estimate of drug-likeness (QED) is 0.305. The Morgan fingerprint density at radius 3 is 1.78 bits per heavy atom. The molecule has 0 unspecified atom stereocenters. The summed E-state index contributed by atoms with van der Waals surface area (Å²) in [6, 6.07) is 6.88. The van der Waals surface area contributed by atoms with Crippen LogP contribution in [0.15, 0.2) is 24.3 Å². The number of methoxy groups -OCH3 is 4. The lowest BCUT2D eigenvalue weighted by Gasteiger charge is -2.16.